The van der Waals surface area contributed by atoms with Crippen LogP contribution in [-0.2, 0) is 32.6 Å². The summed E-state index contributed by atoms with van der Waals surface area (Å²) in [6.07, 6.45) is 1.32. The highest BCUT2D eigenvalue weighted by atomic mass is 79.9. The second kappa shape index (κ2) is 13.5. The zero-order valence-corrected chi connectivity index (χ0v) is 25.6. The fourth-order valence-corrected chi connectivity index (χ4v) is 5.33. The van der Waals surface area contributed by atoms with Crippen molar-refractivity contribution >= 4 is 55.1 Å². The van der Waals surface area contributed by atoms with Gasteiger partial charge < -0.3 is 10.2 Å². The van der Waals surface area contributed by atoms with Crippen LogP contribution in [0.5, 0.6) is 0 Å². The molecule has 0 radical (unpaired) electrons. The molecule has 0 spiro atoms. The lowest BCUT2D eigenvalue weighted by molar-refractivity contribution is -0.140. The Morgan fingerprint density at radius 1 is 0.974 bits per heavy atom. The van der Waals surface area contributed by atoms with Gasteiger partial charge in [-0.1, -0.05) is 70.0 Å². The highest BCUT2D eigenvalue weighted by Crippen LogP contribution is 2.25. The number of amides is 2. The second-order valence-corrected chi connectivity index (χ2v) is 12.9. The van der Waals surface area contributed by atoms with Gasteiger partial charge in [0.1, 0.15) is 12.6 Å². The molecule has 0 saturated carbocycles. The lowest BCUT2D eigenvalue weighted by atomic mass is 10.0. The molecule has 0 aromatic heterocycles. The summed E-state index contributed by atoms with van der Waals surface area (Å²) in [5.74, 6) is -0.822. The van der Waals surface area contributed by atoms with E-state index in [1.165, 1.54) is 4.90 Å². The average molecular weight is 635 g/mol. The van der Waals surface area contributed by atoms with E-state index in [2.05, 4.69) is 21.2 Å². The van der Waals surface area contributed by atoms with Crippen molar-refractivity contribution in [1.82, 2.24) is 10.2 Å². The Bertz CT molecular complexity index is 1400. The summed E-state index contributed by atoms with van der Waals surface area (Å²) in [4.78, 5) is 29.0. The molecule has 0 bridgehead atoms. The molecule has 0 aliphatic heterocycles. The number of rotatable bonds is 11. The van der Waals surface area contributed by atoms with E-state index in [1.54, 1.807) is 42.5 Å². The summed E-state index contributed by atoms with van der Waals surface area (Å²) in [5.41, 5.74) is 2.82. The van der Waals surface area contributed by atoms with Crippen LogP contribution in [0.15, 0.2) is 77.3 Å². The maximum atomic E-state index is 14.0. The Hall–Kier alpha value is -2.88. The first-order valence-corrected chi connectivity index (χ1v) is 15.5. The van der Waals surface area contributed by atoms with Crippen LogP contribution in [-0.4, -0.2) is 50.0 Å². The predicted molar refractivity (Wildman–Crippen MR) is 160 cm³/mol. The van der Waals surface area contributed by atoms with Crippen molar-refractivity contribution < 1.29 is 18.0 Å². The molecule has 0 heterocycles. The molecular formula is C29H33BrClN3O4S. The maximum absolute atomic E-state index is 14.0. The maximum Gasteiger partial charge on any atom is 0.244 e. The molecule has 0 aliphatic carbocycles. The van der Waals surface area contributed by atoms with Crippen LogP contribution < -0.4 is 9.62 Å². The van der Waals surface area contributed by atoms with Crippen molar-refractivity contribution in [1.29, 1.82) is 0 Å². The summed E-state index contributed by atoms with van der Waals surface area (Å²) >= 11 is 9.51. The van der Waals surface area contributed by atoms with Crippen molar-refractivity contribution in [2.75, 3.05) is 17.1 Å². The fraction of sp³-hybridized carbons (Fsp3) is 0.310. The molecule has 0 saturated heterocycles. The zero-order valence-electron chi connectivity index (χ0n) is 22.4. The van der Waals surface area contributed by atoms with Crippen LogP contribution in [0.4, 0.5) is 5.69 Å². The number of carbonyl (C=O) groups excluding carboxylic acids is 2. The molecule has 0 fully saturated rings. The molecule has 3 aromatic carbocycles. The Morgan fingerprint density at radius 2 is 1.62 bits per heavy atom. The molecule has 208 valence electrons. The summed E-state index contributed by atoms with van der Waals surface area (Å²) < 4.78 is 27.6. The van der Waals surface area contributed by atoms with Gasteiger partial charge in [-0.25, -0.2) is 8.42 Å². The van der Waals surface area contributed by atoms with Gasteiger partial charge in [0, 0.05) is 28.5 Å². The summed E-state index contributed by atoms with van der Waals surface area (Å²) in [5, 5.41) is 3.48. The SMILES string of the molecule is Cc1cc(N(CC(=O)N(Cc2ccc(Cl)cc2)[C@H](Cc2ccccc2)C(=O)NC(C)C)S(C)(=O)=O)ccc1Br. The number of carbonyl (C=O) groups is 2. The van der Waals surface area contributed by atoms with E-state index in [0.717, 1.165) is 31.7 Å². The number of hydrogen-bond donors (Lipinski definition) is 1. The Balaban J connectivity index is 2.06. The van der Waals surface area contributed by atoms with Crippen molar-refractivity contribution in [2.24, 2.45) is 0 Å². The molecule has 1 atom stereocenters. The molecule has 2 amide bonds. The third kappa shape index (κ3) is 8.81. The number of hydrogen-bond acceptors (Lipinski definition) is 4. The number of nitrogens with zero attached hydrogens (tertiary/aromatic N) is 2. The van der Waals surface area contributed by atoms with Gasteiger partial charge in [-0.05, 0) is 67.8 Å². The van der Waals surface area contributed by atoms with Crippen molar-refractivity contribution in [3.05, 3.63) is 99.0 Å². The van der Waals surface area contributed by atoms with Crippen molar-refractivity contribution in [3.63, 3.8) is 0 Å². The van der Waals surface area contributed by atoms with Crippen molar-refractivity contribution in [3.8, 4) is 0 Å². The van der Waals surface area contributed by atoms with Crippen LogP contribution in [0.1, 0.15) is 30.5 Å². The topological polar surface area (TPSA) is 86.8 Å². The predicted octanol–water partition coefficient (Wildman–Crippen LogP) is 5.34. The first kappa shape index (κ1) is 30.7. The number of benzene rings is 3. The van der Waals surface area contributed by atoms with E-state index in [9.17, 15) is 18.0 Å². The van der Waals surface area contributed by atoms with Gasteiger partial charge >= 0.3 is 0 Å². The van der Waals surface area contributed by atoms with Crippen LogP contribution in [0.3, 0.4) is 0 Å². The van der Waals surface area contributed by atoms with E-state index < -0.39 is 28.5 Å². The fourth-order valence-electron chi connectivity index (χ4n) is 4.12. The minimum Gasteiger partial charge on any atom is -0.352 e. The van der Waals surface area contributed by atoms with E-state index in [-0.39, 0.29) is 24.9 Å². The summed E-state index contributed by atoms with van der Waals surface area (Å²) in [6, 6.07) is 20.5. The van der Waals surface area contributed by atoms with Crippen LogP contribution in [0.25, 0.3) is 0 Å². The monoisotopic (exact) mass is 633 g/mol. The number of anilines is 1. The van der Waals surface area contributed by atoms with E-state index >= 15 is 0 Å². The Kier molecular flexibility index (Phi) is 10.6. The lowest BCUT2D eigenvalue weighted by Crippen LogP contribution is -2.54. The Labute approximate surface area is 244 Å². The number of halogens is 2. The highest BCUT2D eigenvalue weighted by Gasteiger charge is 2.33. The molecule has 39 heavy (non-hydrogen) atoms. The Morgan fingerprint density at radius 3 is 2.18 bits per heavy atom. The van der Waals surface area contributed by atoms with Gasteiger partial charge in [0.25, 0.3) is 0 Å². The second-order valence-electron chi connectivity index (χ2n) is 9.72. The molecule has 0 aliphatic rings. The minimum atomic E-state index is -3.83. The van der Waals surface area contributed by atoms with Gasteiger partial charge in [-0.15, -0.1) is 0 Å². The minimum absolute atomic E-state index is 0.0932. The van der Waals surface area contributed by atoms with Gasteiger partial charge in [-0.2, -0.15) is 0 Å². The first-order chi connectivity index (χ1) is 18.3. The molecule has 3 aromatic rings. The van der Waals surface area contributed by atoms with Crippen LogP contribution in [0, 0.1) is 6.92 Å². The normalized spacial score (nSPS) is 12.2. The van der Waals surface area contributed by atoms with Gasteiger partial charge in [-0.3, -0.25) is 13.9 Å². The third-order valence-electron chi connectivity index (χ3n) is 6.08. The first-order valence-electron chi connectivity index (χ1n) is 12.5. The molecule has 7 nitrogen and oxygen atoms in total. The highest BCUT2D eigenvalue weighted by molar-refractivity contribution is 9.10. The molecular weight excluding hydrogens is 602 g/mol. The average Bonchev–Trinajstić information content (AvgIpc) is 2.87. The number of aryl methyl sites for hydroxylation is 1. The zero-order chi connectivity index (χ0) is 28.7. The van der Waals surface area contributed by atoms with Crippen LogP contribution in [0.2, 0.25) is 5.02 Å². The lowest BCUT2D eigenvalue weighted by Gasteiger charge is -2.34. The molecule has 0 unspecified atom stereocenters. The van der Waals surface area contributed by atoms with E-state index in [0.29, 0.717) is 10.7 Å². The van der Waals surface area contributed by atoms with Gasteiger partial charge in [0.15, 0.2) is 0 Å². The molecule has 3 rings (SSSR count). The third-order valence-corrected chi connectivity index (χ3v) is 8.36. The van der Waals surface area contributed by atoms with E-state index in [4.69, 9.17) is 11.6 Å². The number of sulfonamides is 1. The summed E-state index contributed by atoms with van der Waals surface area (Å²) in [6.45, 7) is 5.17. The largest absolute Gasteiger partial charge is 0.352 e. The molecule has 1 N–H and O–H groups in total. The molecule has 10 heteroatoms. The van der Waals surface area contributed by atoms with Crippen molar-refractivity contribution in [2.45, 2.75) is 45.8 Å². The number of nitrogens with one attached hydrogen (secondary N) is 1. The summed E-state index contributed by atoms with van der Waals surface area (Å²) in [7, 11) is -3.83. The quantitative estimate of drug-likeness (QED) is 0.309. The van der Waals surface area contributed by atoms with E-state index in [1.807, 2.05) is 51.1 Å². The standard InChI is InChI=1S/C29H33BrClN3O4S/c1-20(2)32-29(36)27(17-22-8-6-5-7-9-22)33(18-23-10-12-24(31)13-11-23)28(35)19-34(39(4,37)38)25-14-15-26(30)21(3)16-25/h5-16,20,27H,17-19H2,1-4H3,(H,32,36)/t27-/m1/s1. The van der Waals surface area contributed by atoms with Gasteiger partial charge in [0.05, 0.1) is 11.9 Å². The van der Waals surface area contributed by atoms with Gasteiger partial charge in [0.2, 0.25) is 21.8 Å². The smallest absolute Gasteiger partial charge is 0.244 e. The van der Waals surface area contributed by atoms with Crippen LogP contribution >= 0.6 is 27.5 Å².